The predicted molar refractivity (Wildman–Crippen MR) is 81.4 cm³/mol. The van der Waals surface area contributed by atoms with Crippen LogP contribution in [0.3, 0.4) is 0 Å². The molecule has 0 aliphatic heterocycles. The Bertz CT molecular complexity index is 555. The smallest absolute Gasteiger partial charge is 0.330 e. The van der Waals surface area contributed by atoms with E-state index < -0.39 is 11.9 Å². The predicted octanol–water partition coefficient (Wildman–Crippen LogP) is 0.503. The molecule has 0 saturated carbocycles. The molecule has 21 heavy (non-hydrogen) atoms. The van der Waals surface area contributed by atoms with Gasteiger partial charge in [0.05, 0.1) is 11.5 Å². The van der Waals surface area contributed by atoms with E-state index >= 15 is 0 Å². The zero-order valence-electron chi connectivity index (χ0n) is 11.0. The fourth-order valence-corrected chi connectivity index (χ4v) is 1.87. The van der Waals surface area contributed by atoms with Crippen molar-refractivity contribution in [2.24, 2.45) is 0 Å². The van der Waals surface area contributed by atoms with Crippen molar-refractivity contribution in [1.82, 2.24) is 16.2 Å². The minimum Gasteiger partial charge on any atom is -0.463 e. The number of carbonyl (C=O) groups excluding carboxylic acids is 3. The first-order valence-corrected chi connectivity index (χ1v) is 7.11. The molecule has 1 aromatic heterocycles. The van der Waals surface area contributed by atoms with Gasteiger partial charge in [-0.05, 0) is 30.6 Å². The van der Waals surface area contributed by atoms with Gasteiger partial charge in [-0.25, -0.2) is 4.79 Å². The Morgan fingerprint density at radius 2 is 2.10 bits per heavy atom. The summed E-state index contributed by atoms with van der Waals surface area (Å²) in [6.45, 7) is 1.88. The van der Waals surface area contributed by atoms with Crippen LogP contribution < -0.4 is 16.2 Å². The van der Waals surface area contributed by atoms with Gasteiger partial charge >= 0.3 is 5.97 Å². The summed E-state index contributed by atoms with van der Waals surface area (Å²) in [4.78, 5) is 34.4. The second-order valence-electron chi connectivity index (χ2n) is 3.46. The van der Waals surface area contributed by atoms with E-state index in [0.29, 0.717) is 4.88 Å². The highest BCUT2D eigenvalue weighted by Gasteiger charge is 2.07. The maximum absolute atomic E-state index is 11.6. The third kappa shape index (κ3) is 6.63. The van der Waals surface area contributed by atoms with Gasteiger partial charge in [-0.2, -0.15) is 0 Å². The molecule has 7 nitrogen and oxygen atoms in total. The van der Waals surface area contributed by atoms with Crippen LogP contribution in [0.2, 0.25) is 0 Å². The molecule has 0 radical (unpaired) electrons. The summed E-state index contributed by atoms with van der Waals surface area (Å²) in [7, 11) is 0. The number of amides is 2. The molecule has 0 atom stereocenters. The largest absolute Gasteiger partial charge is 0.463 e. The fraction of sp³-hybridized carbons (Fsp3) is 0.167. The Labute approximate surface area is 130 Å². The summed E-state index contributed by atoms with van der Waals surface area (Å²) >= 11 is 6.07. The highest BCUT2D eigenvalue weighted by molar-refractivity contribution is 7.80. The fourth-order valence-electron chi connectivity index (χ4n) is 1.10. The van der Waals surface area contributed by atoms with Gasteiger partial charge in [0, 0.05) is 12.2 Å². The average Bonchev–Trinajstić information content (AvgIpc) is 2.97. The number of ether oxygens (including phenoxy) is 1. The van der Waals surface area contributed by atoms with Gasteiger partial charge < -0.3 is 4.74 Å². The number of hydrazine groups is 1. The van der Waals surface area contributed by atoms with E-state index in [1.807, 2.05) is 0 Å². The van der Waals surface area contributed by atoms with Gasteiger partial charge in [0.2, 0.25) is 5.91 Å². The van der Waals surface area contributed by atoms with Gasteiger partial charge in [-0.15, -0.1) is 11.3 Å². The highest BCUT2D eigenvalue weighted by atomic mass is 32.1. The van der Waals surface area contributed by atoms with E-state index in [-0.39, 0.29) is 17.6 Å². The van der Waals surface area contributed by atoms with E-state index in [4.69, 9.17) is 12.2 Å². The molecule has 0 aliphatic rings. The average molecular weight is 327 g/mol. The van der Waals surface area contributed by atoms with Crippen LogP contribution in [-0.2, 0) is 14.3 Å². The molecule has 0 fully saturated rings. The molecule has 1 aromatic rings. The molecule has 0 spiro atoms. The van der Waals surface area contributed by atoms with E-state index in [1.54, 1.807) is 24.4 Å². The van der Waals surface area contributed by atoms with Crippen LogP contribution >= 0.6 is 23.6 Å². The van der Waals surface area contributed by atoms with E-state index in [1.165, 1.54) is 11.3 Å². The van der Waals surface area contributed by atoms with Crippen molar-refractivity contribution >= 4 is 46.5 Å². The Morgan fingerprint density at radius 3 is 2.71 bits per heavy atom. The lowest BCUT2D eigenvalue weighted by atomic mass is 10.4. The summed E-state index contributed by atoms with van der Waals surface area (Å²) in [5, 5.41) is 3.91. The van der Waals surface area contributed by atoms with Crippen LogP contribution in [0.15, 0.2) is 29.7 Å². The molecule has 0 aliphatic carbocycles. The summed E-state index contributed by atoms with van der Waals surface area (Å²) in [6.07, 6.45) is 1.96. The van der Waals surface area contributed by atoms with Crippen molar-refractivity contribution in [1.29, 1.82) is 0 Å². The van der Waals surface area contributed by atoms with Crippen molar-refractivity contribution in [3.63, 3.8) is 0 Å². The van der Waals surface area contributed by atoms with Crippen LogP contribution in [0, 0.1) is 0 Å². The zero-order chi connectivity index (χ0) is 15.7. The van der Waals surface area contributed by atoms with Gasteiger partial charge in [-0.3, -0.25) is 25.8 Å². The lowest BCUT2D eigenvalue weighted by Crippen LogP contribution is -2.48. The third-order valence-electron chi connectivity index (χ3n) is 1.93. The molecule has 9 heteroatoms. The van der Waals surface area contributed by atoms with Crippen LogP contribution in [0.5, 0.6) is 0 Å². The van der Waals surface area contributed by atoms with Crippen molar-refractivity contribution in [3.05, 3.63) is 34.5 Å². The molecule has 1 heterocycles. The van der Waals surface area contributed by atoms with Crippen LogP contribution in [-0.4, -0.2) is 29.5 Å². The molecular formula is C12H13N3O4S2. The van der Waals surface area contributed by atoms with Crippen molar-refractivity contribution in [2.45, 2.75) is 6.92 Å². The molecule has 3 N–H and O–H groups in total. The lowest BCUT2D eigenvalue weighted by Gasteiger charge is -2.08. The Hall–Kier alpha value is -2.26. The molecule has 112 valence electrons. The minimum atomic E-state index is -0.627. The van der Waals surface area contributed by atoms with Gasteiger partial charge in [0.15, 0.2) is 5.11 Å². The number of thiophene rings is 1. The molecule has 2 amide bonds. The quantitative estimate of drug-likeness (QED) is 0.323. The van der Waals surface area contributed by atoms with Crippen molar-refractivity contribution in [2.75, 3.05) is 6.61 Å². The number of carbonyl (C=O) groups is 3. The SMILES string of the molecule is CCOC(=O)C=CC(=O)NC(=S)NNC(=O)c1cccs1. The van der Waals surface area contributed by atoms with Crippen LogP contribution in [0.4, 0.5) is 0 Å². The molecule has 0 saturated heterocycles. The molecule has 1 rings (SSSR count). The van der Waals surface area contributed by atoms with Crippen LogP contribution in [0.25, 0.3) is 0 Å². The zero-order valence-corrected chi connectivity index (χ0v) is 12.7. The monoisotopic (exact) mass is 327 g/mol. The molecular weight excluding hydrogens is 314 g/mol. The Balaban J connectivity index is 2.31. The Morgan fingerprint density at radius 1 is 1.33 bits per heavy atom. The maximum atomic E-state index is 11.6. The van der Waals surface area contributed by atoms with E-state index in [9.17, 15) is 14.4 Å². The summed E-state index contributed by atoms with van der Waals surface area (Å²) < 4.78 is 4.61. The summed E-state index contributed by atoms with van der Waals surface area (Å²) in [6, 6.07) is 3.38. The van der Waals surface area contributed by atoms with Gasteiger partial charge in [0.25, 0.3) is 5.91 Å². The molecule has 0 unspecified atom stereocenters. The Kier molecular flexibility index (Phi) is 7.05. The topological polar surface area (TPSA) is 96.5 Å². The maximum Gasteiger partial charge on any atom is 0.330 e. The van der Waals surface area contributed by atoms with Crippen molar-refractivity contribution in [3.8, 4) is 0 Å². The van der Waals surface area contributed by atoms with Gasteiger partial charge in [-0.1, -0.05) is 6.07 Å². The lowest BCUT2D eigenvalue weighted by molar-refractivity contribution is -0.137. The first-order chi connectivity index (χ1) is 10.0. The first-order valence-electron chi connectivity index (χ1n) is 5.82. The number of rotatable bonds is 4. The van der Waals surface area contributed by atoms with Crippen molar-refractivity contribution < 1.29 is 19.1 Å². The third-order valence-corrected chi connectivity index (χ3v) is 3.00. The number of thiocarbonyl (C=S) groups is 1. The molecule has 0 aromatic carbocycles. The first kappa shape index (κ1) is 16.8. The highest BCUT2D eigenvalue weighted by Crippen LogP contribution is 2.06. The number of nitrogens with one attached hydrogen (secondary N) is 3. The molecule has 0 bridgehead atoms. The second kappa shape index (κ2) is 8.82. The standard InChI is InChI=1S/C12H13N3O4S2/c1-2-19-10(17)6-5-9(16)13-12(20)15-14-11(18)8-4-3-7-21-8/h3-7H,2H2,1H3,(H,14,18)(H2,13,15,16,20). The normalized spacial score (nSPS) is 9.95. The number of hydrogen-bond donors (Lipinski definition) is 3. The van der Waals surface area contributed by atoms with Crippen LogP contribution in [0.1, 0.15) is 16.6 Å². The minimum absolute atomic E-state index is 0.0987. The van der Waals surface area contributed by atoms with Gasteiger partial charge in [0.1, 0.15) is 0 Å². The summed E-state index contributed by atoms with van der Waals surface area (Å²) in [5.41, 5.74) is 4.70. The second-order valence-corrected chi connectivity index (χ2v) is 4.82. The number of hydrogen-bond acceptors (Lipinski definition) is 6. The summed E-state index contributed by atoms with van der Waals surface area (Å²) in [5.74, 6) is -1.62. The van der Waals surface area contributed by atoms with E-state index in [2.05, 4.69) is 20.9 Å². The van der Waals surface area contributed by atoms with E-state index in [0.717, 1.165) is 12.2 Å². The number of esters is 1.